The first-order valence-corrected chi connectivity index (χ1v) is 8.44. The molecule has 0 bridgehead atoms. The van der Waals surface area contributed by atoms with Crippen LogP contribution in [0, 0.1) is 6.92 Å². The molecule has 1 aromatic heterocycles. The first-order valence-electron chi connectivity index (χ1n) is 6.96. The Kier molecular flexibility index (Phi) is 5.33. The van der Waals surface area contributed by atoms with Crippen molar-refractivity contribution >= 4 is 10.0 Å². The smallest absolute Gasteiger partial charge is 0.240 e. The van der Waals surface area contributed by atoms with Gasteiger partial charge in [-0.1, -0.05) is 12.1 Å². The number of aryl methyl sites for hydroxylation is 1. The van der Waals surface area contributed by atoms with Gasteiger partial charge in [0.2, 0.25) is 10.0 Å². The lowest BCUT2D eigenvalue weighted by Gasteiger charge is -2.13. The number of oxazole rings is 1. The Morgan fingerprint density at radius 1 is 1.32 bits per heavy atom. The lowest BCUT2D eigenvalue weighted by atomic mass is 10.2. The molecule has 0 aliphatic carbocycles. The zero-order chi connectivity index (χ0) is 16.2. The van der Waals surface area contributed by atoms with Crippen molar-refractivity contribution in [2.24, 2.45) is 0 Å². The molecule has 0 saturated heterocycles. The summed E-state index contributed by atoms with van der Waals surface area (Å²) < 4.78 is 37.3. The molecule has 7 heteroatoms. The molecule has 0 fully saturated rings. The van der Waals surface area contributed by atoms with Crippen LogP contribution in [-0.4, -0.2) is 33.2 Å². The number of aromatic nitrogens is 1. The summed E-state index contributed by atoms with van der Waals surface area (Å²) >= 11 is 0. The van der Waals surface area contributed by atoms with E-state index in [1.54, 1.807) is 44.6 Å². The maximum atomic E-state index is 12.3. The van der Waals surface area contributed by atoms with Crippen molar-refractivity contribution in [1.82, 2.24) is 9.71 Å². The predicted molar refractivity (Wildman–Crippen MR) is 83.0 cm³/mol. The highest BCUT2D eigenvalue weighted by atomic mass is 32.2. The SMILES string of the molecule is COCC[C@@H](C)NS(=O)(=O)c1ccc(-c2coc(C)n2)cc1. The van der Waals surface area contributed by atoms with E-state index in [9.17, 15) is 8.42 Å². The van der Waals surface area contributed by atoms with Gasteiger partial charge in [-0.3, -0.25) is 0 Å². The lowest BCUT2D eigenvalue weighted by Crippen LogP contribution is -2.33. The fraction of sp³-hybridized carbons (Fsp3) is 0.400. The third-order valence-electron chi connectivity index (χ3n) is 3.19. The molecule has 1 heterocycles. The van der Waals surface area contributed by atoms with Crippen LogP contribution < -0.4 is 4.72 Å². The average Bonchev–Trinajstić information content (AvgIpc) is 2.91. The Balaban J connectivity index is 2.12. The highest BCUT2D eigenvalue weighted by Crippen LogP contribution is 2.20. The molecule has 120 valence electrons. The molecule has 6 nitrogen and oxygen atoms in total. The second-order valence-electron chi connectivity index (χ2n) is 5.08. The number of benzene rings is 1. The first kappa shape index (κ1) is 16.7. The van der Waals surface area contributed by atoms with E-state index < -0.39 is 10.0 Å². The van der Waals surface area contributed by atoms with Gasteiger partial charge in [0, 0.05) is 32.2 Å². The Hall–Kier alpha value is -1.70. The number of hydrogen-bond acceptors (Lipinski definition) is 5. The minimum Gasteiger partial charge on any atom is -0.449 e. The number of ether oxygens (including phenoxy) is 1. The summed E-state index contributed by atoms with van der Waals surface area (Å²) in [6, 6.07) is 6.36. The van der Waals surface area contributed by atoms with Gasteiger partial charge in [-0.15, -0.1) is 0 Å². The molecular formula is C15H20N2O4S. The number of nitrogens with one attached hydrogen (secondary N) is 1. The van der Waals surface area contributed by atoms with Gasteiger partial charge in [-0.05, 0) is 25.5 Å². The Bertz CT molecular complexity index is 707. The molecule has 0 aliphatic rings. The number of methoxy groups -OCH3 is 1. The van der Waals surface area contributed by atoms with Crippen molar-refractivity contribution in [3.63, 3.8) is 0 Å². The minimum atomic E-state index is -3.53. The Labute approximate surface area is 130 Å². The highest BCUT2D eigenvalue weighted by Gasteiger charge is 2.17. The summed E-state index contributed by atoms with van der Waals surface area (Å²) in [6.07, 6.45) is 2.16. The molecule has 1 N–H and O–H groups in total. The van der Waals surface area contributed by atoms with E-state index in [1.807, 2.05) is 6.92 Å². The summed E-state index contributed by atoms with van der Waals surface area (Å²) in [7, 11) is -1.94. The van der Waals surface area contributed by atoms with Gasteiger partial charge < -0.3 is 9.15 Å². The molecule has 1 aromatic carbocycles. The molecule has 0 spiro atoms. The van der Waals surface area contributed by atoms with E-state index in [4.69, 9.17) is 9.15 Å². The first-order chi connectivity index (χ1) is 10.4. The normalized spacial score (nSPS) is 13.2. The van der Waals surface area contributed by atoms with Crippen LogP contribution in [0.5, 0.6) is 0 Å². The van der Waals surface area contributed by atoms with Crippen molar-refractivity contribution in [2.45, 2.75) is 31.2 Å². The molecular weight excluding hydrogens is 304 g/mol. The number of hydrogen-bond donors (Lipinski definition) is 1. The third-order valence-corrected chi connectivity index (χ3v) is 4.80. The molecule has 0 unspecified atom stereocenters. The Morgan fingerprint density at radius 3 is 2.55 bits per heavy atom. The van der Waals surface area contributed by atoms with E-state index in [1.165, 1.54) is 0 Å². The van der Waals surface area contributed by atoms with Crippen LogP contribution in [-0.2, 0) is 14.8 Å². The molecule has 1 atom stereocenters. The van der Waals surface area contributed by atoms with Gasteiger partial charge in [0.25, 0.3) is 0 Å². The number of nitrogens with zero attached hydrogens (tertiary/aromatic N) is 1. The van der Waals surface area contributed by atoms with Crippen LogP contribution in [0.2, 0.25) is 0 Å². The van der Waals surface area contributed by atoms with Crippen LogP contribution in [0.4, 0.5) is 0 Å². The van der Waals surface area contributed by atoms with Gasteiger partial charge in [0.05, 0.1) is 4.90 Å². The fourth-order valence-corrected chi connectivity index (χ4v) is 3.27. The highest BCUT2D eigenvalue weighted by molar-refractivity contribution is 7.89. The van der Waals surface area contributed by atoms with E-state index in [0.717, 1.165) is 5.56 Å². The van der Waals surface area contributed by atoms with Crippen molar-refractivity contribution < 1.29 is 17.6 Å². The molecule has 2 rings (SSSR count). The fourth-order valence-electron chi connectivity index (χ4n) is 1.99. The average molecular weight is 324 g/mol. The zero-order valence-corrected chi connectivity index (χ0v) is 13.7. The van der Waals surface area contributed by atoms with Crippen LogP contribution in [0.25, 0.3) is 11.3 Å². The van der Waals surface area contributed by atoms with Crippen molar-refractivity contribution in [3.05, 3.63) is 36.4 Å². The summed E-state index contributed by atoms with van der Waals surface area (Å²) in [5.41, 5.74) is 1.49. The molecule has 0 radical (unpaired) electrons. The minimum absolute atomic E-state index is 0.192. The Morgan fingerprint density at radius 2 is 2.00 bits per heavy atom. The number of rotatable bonds is 7. The third kappa shape index (κ3) is 4.16. The van der Waals surface area contributed by atoms with Crippen molar-refractivity contribution in [3.8, 4) is 11.3 Å². The van der Waals surface area contributed by atoms with Crippen LogP contribution in [0.15, 0.2) is 39.8 Å². The van der Waals surface area contributed by atoms with Gasteiger partial charge in [0.15, 0.2) is 5.89 Å². The van der Waals surface area contributed by atoms with Gasteiger partial charge in [-0.25, -0.2) is 18.1 Å². The van der Waals surface area contributed by atoms with Crippen LogP contribution in [0.1, 0.15) is 19.2 Å². The van der Waals surface area contributed by atoms with E-state index >= 15 is 0 Å². The molecule has 2 aromatic rings. The topological polar surface area (TPSA) is 81.4 Å². The van der Waals surface area contributed by atoms with Gasteiger partial charge >= 0.3 is 0 Å². The standard InChI is InChI=1S/C15H20N2O4S/c1-11(8-9-20-3)17-22(18,19)14-6-4-13(5-7-14)15-10-21-12(2)16-15/h4-7,10-11,17H,8-9H2,1-3H3/t11-/m1/s1. The molecule has 22 heavy (non-hydrogen) atoms. The monoisotopic (exact) mass is 324 g/mol. The van der Waals surface area contributed by atoms with E-state index in [0.29, 0.717) is 24.6 Å². The van der Waals surface area contributed by atoms with Crippen molar-refractivity contribution in [1.29, 1.82) is 0 Å². The van der Waals surface area contributed by atoms with Crippen molar-refractivity contribution in [2.75, 3.05) is 13.7 Å². The second-order valence-corrected chi connectivity index (χ2v) is 6.79. The maximum absolute atomic E-state index is 12.3. The quantitative estimate of drug-likeness (QED) is 0.845. The van der Waals surface area contributed by atoms with Crippen LogP contribution in [0.3, 0.4) is 0 Å². The summed E-state index contributed by atoms with van der Waals surface area (Å²) in [6.45, 7) is 4.07. The van der Waals surface area contributed by atoms with Gasteiger partial charge in [0.1, 0.15) is 12.0 Å². The lowest BCUT2D eigenvalue weighted by molar-refractivity contribution is 0.188. The second kappa shape index (κ2) is 7.04. The summed E-state index contributed by atoms with van der Waals surface area (Å²) in [5, 5.41) is 0. The molecule has 0 saturated carbocycles. The van der Waals surface area contributed by atoms with Gasteiger partial charge in [-0.2, -0.15) is 0 Å². The largest absolute Gasteiger partial charge is 0.449 e. The maximum Gasteiger partial charge on any atom is 0.240 e. The summed E-state index contributed by atoms with van der Waals surface area (Å²) in [4.78, 5) is 4.43. The predicted octanol–water partition coefficient (Wildman–Crippen LogP) is 2.35. The number of sulfonamides is 1. The molecule has 0 aliphatic heterocycles. The zero-order valence-electron chi connectivity index (χ0n) is 12.9. The molecule has 0 amide bonds. The van der Waals surface area contributed by atoms with Crippen LogP contribution >= 0.6 is 0 Å². The van der Waals surface area contributed by atoms with E-state index in [-0.39, 0.29) is 10.9 Å². The van der Waals surface area contributed by atoms with E-state index in [2.05, 4.69) is 9.71 Å². The summed E-state index contributed by atoms with van der Waals surface area (Å²) in [5.74, 6) is 0.570.